The van der Waals surface area contributed by atoms with Gasteiger partial charge in [0, 0.05) is 11.6 Å². The lowest BCUT2D eigenvalue weighted by Crippen LogP contribution is -2.42. The summed E-state index contributed by atoms with van der Waals surface area (Å²) in [5.41, 5.74) is -0.0411. The SMILES string of the molecule is CC(c1c(F)cccc1F)N1CCCCCC1C(=O)O. The summed E-state index contributed by atoms with van der Waals surface area (Å²) in [6, 6.07) is 2.48. The topological polar surface area (TPSA) is 40.5 Å². The van der Waals surface area contributed by atoms with E-state index in [0.717, 1.165) is 19.3 Å². The average Bonchev–Trinajstić information content (AvgIpc) is 2.63. The predicted octanol–water partition coefficient (Wildman–Crippen LogP) is 3.36. The number of hydrogen-bond acceptors (Lipinski definition) is 2. The molecular formula is C15H19F2NO2. The number of hydrogen-bond donors (Lipinski definition) is 1. The monoisotopic (exact) mass is 283 g/mol. The molecule has 1 aromatic rings. The van der Waals surface area contributed by atoms with E-state index in [4.69, 9.17) is 0 Å². The van der Waals surface area contributed by atoms with Crippen molar-refractivity contribution in [2.45, 2.75) is 44.7 Å². The number of carbonyl (C=O) groups is 1. The summed E-state index contributed by atoms with van der Waals surface area (Å²) in [5, 5.41) is 9.34. The van der Waals surface area contributed by atoms with Gasteiger partial charge in [-0.2, -0.15) is 0 Å². The largest absolute Gasteiger partial charge is 0.480 e. The summed E-state index contributed by atoms with van der Waals surface area (Å²) in [6.07, 6.45) is 3.16. The van der Waals surface area contributed by atoms with Crippen molar-refractivity contribution in [2.24, 2.45) is 0 Å². The zero-order chi connectivity index (χ0) is 14.7. The van der Waals surface area contributed by atoms with Gasteiger partial charge in [0.05, 0.1) is 0 Å². The van der Waals surface area contributed by atoms with Crippen LogP contribution in [-0.4, -0.2) is 28.6 Å². The van der Waals surface area contributed by atoms with Gasteiger partial charge in [0.2, 0.25) is 0 Å². The lowest BCUT2D eigenvalue weighted by molar-refractivity contribution is -0.144. The third-order valence-corrected chi connectivity index (χ3v) is 3.99. The summed E-state index contributed by atoms with van der Waals surface area (Å²) in [7, 11) is 0. The highest BCUT2D eigenvalue weighted by molar-refractivity contribution is 5.73. The molecule has 1 heterocycles. The summed E-state index contributed by atoms with van der Waals surface area (Å²) < 4.78 is 27.7. The molecule has 2 unspecified atom stereocenters. The van der Waals surface area contributed by atoms with Crippen LogP contribution in [0.5, 0.6) is 0 Å². The van der Waals surface area contributed by atoms with E-state index in [1.165, 1.54) is 18.2 Å². The molecule has 1 N–H and O–H groups in total. The fourth-order valence-electron chi connectivity index (χ4n) is 2.94. The Balaban J connectivity index is 2.33. The van der Waals surface area contributed by atoms with Gasteiger partial charge in [-0.15, -0.1) is 0 Å². The maximum atomic E-state index is 13.9. The first-order chi connectivity index (χ1) is 9.52. The van der Waals surface area contributed by atoms with E-state index < -0.39 is 29.7 Å². The molecule has 2 atom stereocenters. The molecule has 0 saturated carbocycles. The molecule has 0 aliphatic carbocycles. The minimum atomic E-state index is -0.921. The number of aliphatic carboxylic acids is 1. The Bertz CT molecular complexity index is 473. The quantitative estimate of drug-likeness (QED) is 0.924. The van der Waals surface area contributed by atoms with E-state index >= 15 is 0 Å². The molecule has 5 heteroatoms. The van der Waals surface area contributed by atoms with Crippen LogP contribution in [0.4, 0.5) is 8.78 Å². The van der Waals surface area contributed by atoms with Crippen molar-refractivity contribution in [2.75, 3.05) is 6.54 Å². The molecule has 3 nitrogen and oxygen atoms in total. The minimum Gasteiger partial charge on any atom is -0.480 e. The van der Waals surface area contributed by atoms with Crippen LogP contribution in [0.1, 0.15) is 44.2 Å². The zero-order valence-corrected chi connectivity index (χ0v) is 11.5. The van der Waals surface area contributed by atoms with Gasteiger partial charge in [0.25, 0.3) is 0 Å². The number of halogens is 2. The zero-order valence-electron chi connectivity index (χ0n) is 11.5. The third-order valence-electron chi connectivity index (χ3n) is 3.99. The van der Waals surface area contributed by atoms with Gasteiger partial charge in [-0.1, -0.05) is 18.9 Å². The van der Waals surface area contributed by atoms with Gasteiger partial charge in [-0.3, -0.25) is 9.69 Å². The molecule has 1 aromatic carbocycles. The van der Waals surface area contributed by atoms with E-state index in [1.54, 1.807) is 11.8 Å². The highest BCUT2D eigenvalue weighted by Crippen LogP contribution is 2.30. The van der Waals surface area contributed by atoms with Gasteiger partial charge in [0.1, 0.15) is 17.7 Å². The number of nitrogens with zero attached hydrogens (tertiary/aromatic N) is 1. The third kappa shape index (κ3) is 2.98. The Kier molecular flexibility index (Phi) is 4.70. The minimum absolute atomic E-state index is 0.0411. The van der Waals surface area contributed by atoms with E-state index in [-0.39, 0.29) is 5.56 Å². The van der Waals surface area contributed by atoms with Crippen LogP contribution in [0, 0.1) is 11.6 Å². The second-order valence-electron chi connectivity index (χ2n) is 5.25. The van der Waals surface area contributed by atoms with Crippen molar-refractivity contribution >= 4 is 5.97 Å². The Morgan fingerprint density at radius 1 is 1.30 bits per heavy atom. The number of benzene rings is 1. The number of rotatable bonds is 3. The smallest absolute Gasteiger partial charge is 0.320 e. The summed E-state index contributed by atoms with van der Waals surface area (Å²) >= 11 is 0. The van der Waals surface area contributed by atoms with Crippen molar-refractivity contribution < 1.29 is 18.7 Å². The van der Waals surface area contributed by atoms with E-state index in [1.807, 2.05) is 0 Å². The van der Waals surface area contributed by atoms with E-state index in [9.17, 15) is 18.7 Å². The van der Waals surface area contributed by atoms with Crippen LogP contribution in [0.2, 0.25) is 0 Å². The van der Waals surface area contributed by atoms with Crippen LogP contribution in [0.25, 0.3) is 0 Å². The molecule has 20 heavy (non-hydrogen) atoms. The van der Waals surface area contributed by atoms with Crippen molar-refractivity contribution in [3.05, 3.63) is 35.4 Å². The second kappa shape index (κ2) is 6.31. The lowest BCUT2D eigenvalue weighted by Gasteiger charge is -2.33. The number of carboxylic acids is 1. The number of carboxylic acid groups (broad SMARTS) is 1. The van der Waals surface area contributed by atoms with E-state index in [0.29, 0.717) is 13.0 Å². The lowest BCUT2D eigenvalue weighted by atomic mass is 10.0. The fraction of sp³-hybridized carbons (Fsp3) is 0.533. The molecule has 1 aliphatic rings. The normalized spacial score (nSPS) is 22.2. The molecule has 1 aliphatic heterocycles. The van der Waals surface area contributed by atoms with Crippen LogP contribution in [0.3, 0.4) is 0 Å². The first-order valence-electron chi connectivity index (χ1n) is 6.95. The Morgan fingerprint density at radius 3 is 2.55 bits per heavy atom. The fourth-order valence-corrected chi connectivity index (χ4v) is 2.94. The molecule has 1 fully saturated rings. The van der Waals surface area contributed by atoms with Crippen LogP contribution >= 0.6 is 0 Å². The van der Waals surface area contributed by atoms with Crippen LogP contribution in [-0.2, 0) is 4.79 Å². The summed E-state index contributed by atoms with van der Waals surface area (Å²) in [4.78, 5) is 13.1. The average molecular weight is 283 g/mol. The van der Waals surface area contributed by atoms with E-state index in [2.05, 4.69) is 0 Å². The molecule has 0 radical (unpaired) electrons. The molecule has 0 bridgehead atoms. The van der Waals surface area contributed by atoms with Crippen molar-refractivity contribution in [1.82, 2.24) is 4.90 Å². The maximum absolute atomic E-state index is 13.9. The first kappa shape index (κ1) is 14.9. The Labute approximate surface area is 117 Å². The molecule has 110 valence electrons. The van der Waals surface area contributed by atoms with Gasteiger partial charge >= 0.3 is 5.97 Å². The Morgan fingerprint density at radius 2 is 1.95 bits per heavy atom. The second-order valence-corrected chi connectivity index (χ2v) is 5.25. The van der Waals surface area contributed by atoms with Gasteiger partial charge in [0.15, 0.2) is 0 Å². The first-order valence-corrected chi connectivity index (χ1v) is 6.95. The standard InChI is InChI=1S/C15H19F2NO2/c1-10(14-11(16)6-5-7-12(14)17)18-9-4-2-3-8-13(18)15(19)20/h5-7,10,13H,2-4,8-9H2,1H3,(H,19,20). The summed E-state index contributed by atoms with van der Waals surface area (Å²) in [6.45, 7) is 2.22. The maximum Gasteiger partial charge on any atom is 0.320 e. The van der Waals surface area contributed by atoms with Crippen LogP contribution < -0.4 is 0 Å². The van der Waals surface area contributed by atoms with Gasteiger partial charge in [-0.25, -0.2) is 8.78 Å². The van der Waals surface area contributed by atoms with Crippen molar-refractivity contribution in [1.29, 1.82) is 0 Å². The Hall–Kier alpha value is -1.49. The van der Waals surface area contributed by atoms with Gasteiger partial charge in [-0.05, 0) is 38.4 Å². The molecular weight excluding hydrogens is 264 g/mol. The molecule has 0 aromatic heterocycles. The van der Waals surface area contributed by atoms with Gasteiger partial charge < -0.3 is 5.11 Å². The van der Waals surface area contributed by atoms with Crippen LogP contribution in [0.15, 0.2) is 18.2 Å². The highest BCUT2D eigenvalue weighted by Gasteiger charge is 2.33. The van der Waals surface area contributed by atoms with Crippen molar-refractivity contribution in [3.8, 4) is 0 Å². The molecule has 2 rings (SSSR count). The highest BCUT2D eigenvalue weighted by atomic mass is 19.1. The van der Waals surface area contributed by atoms with Crippen molar-refractivity contribution in [3.63, 3.8) is 0 Å². The molecule has 0 amide bonds. The predicted molar refractivity (Wildman–Crippen MR) is 71.4 cm³/mol. The molecule has 0 spiro atoms. The molecule has 1 saturated heterocycles. The summed E-state index contributed by atoms with van der Waals surface area (Å²) in [5.74, 6) is -2.16. The number of likely N-dealkylation sites (tertiary alicyclic amines) is 1.